The maximum atomic E-state index is 4.51. The van der Waals surface area contributed by atoms with Crippen molar-refractivity contribution >= 4 is 5.96 Å². The minimum atomic E-state index is 0.239. The van der Waals surface area contributed by atoms with Crippen LogP contribution in [0.4, 0.5) is 0 Å². The predicted molar refractivity (Wildman–Crippen MR) is 119 cm³/mol. The second kappa shape index (κ2) is 9.37. The van der Waals surface area contributed by atoms with Gasteiger partial charge in [0.05, 0.1) is 11.4 Å². The number of aliphatic imine (C=N–C) groups is 1. The second-order valence-corrected chi connectivity index (χ2v) is 7.36. The van der Waals surface area contributed by atoms with Crippen LogP contribution in [0.5, 0.6) is 0 Å². The summed E-state index contributed by atoms with van der Waals surface area (Å²) in [5.74, 6) is 0.792. The standard InChI is InChI=1S/C23H30N6/c1-16(13-21-17(2)28-29(5)18(21)3)27-23(24-4)26-15-19-9-8-10-20(14-19)22-11-6-7-12-25-22/h6-12,14,16H,13,15H2,1-5H3,(H2,24,26,27). The highest BCUT2D eigenvalue weighted by atomic mass is 15.3. The Bertz CT molecular complexity index is 974. The zero-order chi connectivity index (χ0) is 20.8. The lowest BCUT2D eigenvalue weighted by Gasteiger charge is -2.18. The van der Waals surface area contributed by atoms with Crippen LogP contribution >= 0.6 is 0 Å². The summed E-state index contributed by atoms with van der Waals surface area (Å²) in [6.07, 6.45) is 2.72. The Hall–Kier alpha value is -3.15. The predicted octanol–water partition coefficient (Wildman–Crippen LogP) is 3.40. The van der Waals surface area contributed by atoms with Gasteiger partial charge >= 0.3 is 0 Å². The van der Waals surface area contributed by atoms with E-state index in [1.807, 2.05) is 36.1 Å². The Morgan fingerprint density at radius 2 is 2.00 bits per heavy atom. The Kier molecular flexibility index (Phi) is 6.65. The molecule has 2 heterocycles. The van der Waals surface area contributed by atoms with Crippen LogP contribution in [0.15, 0.2) is 53.7 Å². The van der Waals surface area contributed by atoms with E-state index in [1.54, 1.807) is 7.05 Å². The van der Waals surface area contributed by atoms with Gasteiger partial charge in [-0.1, -0.05) is 24.3 Å². The molecule has 29 heavy (non-hydrogen) atoms. The Labute approximate surface area is 173 Å². The topological polar surface area (TPSA) is 67.1 Å². The number of hydrogen-bond acceptors (Lipinski definition) is 3. The van der Waals surface area contributed by atoms with Crippen LogP contribution in [0.2, 0.25) is 0 Å². The zero-order valence-corrected chi connectivity index (χ0v) is 17.9. The van der Waals surface area contributed by atoms with Gasteiger partial charge in [0.1, 0.15) is 0 Å². The summed E-state index contributed by atoms with van der Waals surface area (Å²) in [6.45, 7) is 7.04. The van der Waals surface area contributed by atoms with E-state index in [1.165, 1.54) is 16.8 Å². The van der Waals surface area contributed by atoms with Crippen molar-refractivity contribution in [3.63, 3.8) is 0 Å². The molecule has 0 aliphatic heterocycles. The summed E-state index contributed by atoms with van der Waals surface area (Å²) in [5.41, 5.74) is 6.88. The van der Waals surface area contributed by atoms with E-state index in [0.717, 1.165) is 29.3 Å². The van der Waals surface area contributed by atoms with Gasteiger partial charge in [-0.3, -0.25) is 14.7 Å². The summed E-state index contributed by atoms with van der Waals surface area (Å²) in [7, 11) is 3.79. The Morgan fingerprint density at radius 1 is 1.17 bits per heavy atom. The first kappa shape index (κ1) is 20.6. The van der Waals surface area contributed by atoms with Crippen LogP contribution in [0.1, 0.15) is 29.4 Å². The van der Waals surface area contributed by atoms with Crippen LogP contribution in [-0.4, -0.2) is 33.8 Å². The van der Waals surface area contributed by atoms with E-state index < -0.39 is 0 Å². The molecule has 0 bridgehead atoms. The van der Waals surface area contributed by atoms with E-state index >= 15 is 0 Å². The molecule has 0 amide bonds. The molecule has 1 unspecified atom stereocenters. The SMILES string of the molecule is CN=C(NCc1cccc(-c2ccccn2)c1)NC(C)Cc1c(C)nn(C)c1C. The molecule has 1 aromatic carbocycles. The van der Waals surface area contributed by atoms with Crippen LogP contribution < -0.4 is 10.6 Å². The maximum absolute atomic E-state index is 4.51. The molecule has 0 aliphatic rings. The summed E-state index contributed by atoms with van der Waals surface area (Å²) >= 11 is 0. The van der Waals surface area contributed by atoms with Gasteiger partial charge in [-0.25, -0.2) is 0 Å². The van der Waals surface area contributed by atoms with Gasteiger partial charge < -0.3 is 10.6 Å². The summed E-state index contributed by atoms with van der Waals surface area (Å²) < 4.78 is 1.94. The molecule has 2 N–H and O–H groups in total. The first-order valence-corrected chi connectivity index (χ1v) is 9.94. The molecule has 6 heteroatoms. The second-order valence-electron chi connectivity index (χ2n) is 7.36. The molecule has 6 nitrogen and oxygen atoms in total. The van der Waals surface area contributed by atoms with Crippen molar-refractivity contribution in [2.75, 3.05) is 7.05 Å². The minimum Gasteiger partial charge on any atom is -0.354 e. The van der Waals surface area contributed by atoms with Gasteiger partial charge in [0.2, 0.25) is 0 Å². The third-order valence-corrected chi connectivity index (χ3v) is 5.12. The van der Waals surface area contributed by atoms with Gasteiger partial charge in [0, 0.05) is 44.1 Å². The van der Waals surface area contributed by atoms with Crippen LogP contribution in [0.3, 0.4) is 0 Å². The minimum absolute atomic E-state index is 0.239. The number of aryl methyl sites for hydroxylation is 2. The van der Waals surface area contributed by atoms with Gasteiger partial charge in [-0.05, 0) is 56.5 Å². The number of hydrogen-bond donors (Lipinski definition) is 2. The highest BCUT2D eigenvalue weighted by Crippen LogP contribution is 2.17. The molecule has 0 spiro atoms. The lowest BCUT2D eigenvalue weighted by molar-refractivity contribution is 0.635. The molecule has 1 atom stereocenters. The van der Waals surface area contributed by atoms with E-state index in [0.29, 0.717) is 6.54 Å². The molecule has 0 saturated heterocycles. The highest BCUT2D eigenvalue weighted by molar-refractivity contribution is 5.80. The third kappa shape index (κ3) is 5.22. The van der Waals surface area contributed by atoms with Crippen molar-refractivity contribution in [3.8, 4) is 11.3 Å². The molecule has 3 rings (SSSR count). The van der Waals surface area contributed by atoms with Crippen molar-refractivity contribution < 1.29 is 0 Å². The number of nitrogens with one attached hydrogen (secondary N) is 2. The van der Waals surface area contributed by atoms with Crippen molar-refractivity contribution in [1.29, 1.82) is 0 Å². The monoisotopic (exact) mass is 390 g/mol. The number of aromatic nitrogens is 3. The quantitative estimate of drug-likeness (QED) is 0.500. The number of rotatable bonds is 6. The van der Waals surface area contributed by atoms with Crippen molar-refractivity contribution in [2.24, 2.45) is 12.0 Å². The summed E-state index contributed by atoms with van der Waals surface area (Å²) in [5, 5.41) is 11.4. The van der Waals surface area contributed by atoms with Gasteiger partial charge in [0.25, 0.3) is 0 Å². The lowest BCUT2D eigenvalue weighted by Crippen LogP contribution is -2.42. The average molecular weight is 391 g/mol. The molecule has 3 aromatic rings. The largest absolute Gasteiger partial charge is 0.354 e. The fraction of sp³-hybridized carbons (Fsp3) is 0.348. The van der Waals surface area contributed by atoms with E-state index in [2.05, 4.69) is 70.7 Å². The smallest absolute Gasteiger partial charge is 0.191 e. The summed E-state index contributed by atoms with van der Waals surface area (Å²) in [6, 6.07) is 14.6. The molecular formula is C23H30N6. The van der Waals surface area contributed by atoms with Crippen LogP contribution in [-0.2, 0) is 20.0 Å². The molecule has 152 valence electrons. The number of guanidine groups is 1. The first-order valence-electron chi connectivity index (χ1n) is 9.94. The van der Waals surface area contributed by atoms with Crippen molar-refractivity contribution in [1.82, 2.24) is 25.4 Å². The van der Waals surface area contributed by atoms with Gasteiger partial charge in [0.15, 0.2) is 5.96 Å². The maximum Gasteiger partial charge on any atom is 0.191 e. The molecule has 0 aliphatic carbocycles. The first-order chi connectivity index (χ1) is 14.0. The van der Waals surface area contributed by atoms with Crippen molar-refractivity contribution in [3.05, 3.63) is 71.2 Å². The Balaban J connectivity index is 1.59. The van der Waals surface area contributed by atoms with E-state index in [-0.39, 0.29) is 6.04 Å². The molecule has 0 saturated carbocycles. The lowest BCUT2D eigenvalue weighted by atomic mass is 10.1. The van der Waals surface area contributed by atoms with E-state index in [4.69, 9.17) is 0 Å². The average Bonchev–Trinajstić information content (AvgIpc) is 2.98. The van der Waals surface area contributed by atoms with Gasteiger partial charge in [-0.2, -0.15) is 5.10 Å². The normalized spacial score (nSPS) is 12.7. The molecular weight excluding hydrogens is 360 g/mol. The third-order valence-electron chi connectivity index (χ3n) is 5.12. The fourth-order valence-corrected chi connectivity index (χ4v) is 3.46. The highest BCUT2D eigenvalue weighted by Gasteiger charge is 2.14. The van der Waals surface area contributed by atoms with Crippen molar-refractivity contribution in [2.45, 2.75) is 39.8 Å². The molecule has 2 aromatic heterocycles. The molecule has 0 fully saturated rings. The van der Waals surface area contributed by atoms with Gasteiger partial charge in [-0.15, -0.1) is 0 Å². The summed E-state index contributed by atoms with van der Waals surface area (Å²) in [4.78, 5) is 8.81. The van der Waals surface area contributed by atoms with E-state index in [9.17, 15) is 0 Å². The zero-order valence-electron chi connectivity index (χ0n) is 17.9. The van der Waals surface area contributed by atoms with Crippen LogP contribution in [0.25, 0.3) is 11.3 Å². The fourth-order valence-electron chi connectivity index (χ4n) is 3.46. The number of pyridine rings is 1. The number of nitrogens with zero attached hydrogens (tertiary/aromatic N) is 4. The number of benzene rings is 1. The Morgan fingerprint density at radius 3 is 2.66 bits per heavy atom. The van der Waals surface area contributed by atoms with Crippen LogP contribution in [0, 0.1) is 13.8 Å². The molecule has 0 radical (unpaired) electrons.